The van der Waals surface area contributed by atoms with Crippen LogP contribution in [0.3, 0.4) is 0 Å². The molecule has 4 N–H and O–H groups in total. The Bertz CT molecular complexity index is 2630. The summed E-state index contributed by atoms with van der Waals surface area (Å²) in [6.07, 6.45) is 3.19. The SMILES string of the molecule is Cc1sc2c(c1C)C(c1ccc(Cl)cc1)=N[C@@H](CC(=O)NCc1cn(CCCCNC(=O)CNc3cccc4c3C(=O)N([C@H]3CCC(=O)NC3=O)C4=O)nn1)c1nnc(C)n1-2. The van der Waals surface area contributed by atoms with E-state index in [2.05, 4.69) is 55.6 Å². The molecule has 2 aromatic carbocycles. The first-order valence-electron chi connectivity index (χ1n) is 19.7. The van der Waals surface area contributed by atoms with Crippen LogP contribution in [0.15, 0.2) is 53.7 Å². The summed E-state index contributed by atoms with van der Waals surface area (Å²) >= 11 is 7.87. The highest BCUT2D eigenvalue weighted by atomic mass is 35.5. The molecule has 0 saturated carbocycles. The summed E-state index contributed by atoms with van der Waals surface area (Å²) in [6.45, 7) is 6.97. The lowest BCUT2D eigenvalue weighted by molar-refractivity contribution is -0.136. The highest BCUT2D eigenvalue weighted by molar-refractivity contribution is 7.15. The van der Waals surface area contributed by atoms with E-state index in [1.807, 2.05) is 35.8 Å². The van der Waals surface area contributed by atoms with Crippen molar-refractivity contribution >= 4 is 69.8 Å². The Balaban J connectivity index is 0.803. The van der Waals surface area contributed by atoms with Crippen molar-refractivity contribution in [3.8, 4) is 5.00 Å². The Morgan fingerprint density at radius 3 is 2.52 bits per heavy atom. The van der Waals surface area contributed by atoms with Crippen LogP contribution in [0.1, 0.15) is 97.8 Å². The lowest BCUT2D eigenvalue weighted by Crippen LogP contribution is -2.54. The Labute approximate surface area is 358 Å². The third-order valence-electron chi connectivity index (χ3n) is 10.8. The van der Waals surface area contributed by atoms with Gasteiger partial charge in [-0.25, -0.2) is 0 Å². The van der Waals surface area contributed by atoms with E-state index in [4.69, 9.17) is 16.6 Å². The number of nitrogens with one attached hydrogen (secondary N) is 4. The fourth-order valence-corrected chi connectivity index (χ4v) is 8.97. The van der Waals surface area contributed by atoms with Crippen molar-refractivity contribution in [2.24, 2.45) is 4.99 Å². The molecule has 3 aromatic heterocycles. The molecule has 3 aliphatic rings. The number of halogens is 1. The molecule has 1 saturated heterocycles. The minimum atomic E-state index is -1.08. The maximum Gasteiger partial charge on any atom is 0.264 e. The zero-order valence-corrected chi connectivity index (χ0v) is 35.0. The first-order chi connectivity index (χ1) is 29.4. The minimum absolute atomic E-state index is 0.0185. The first-order valence-corrected chi connectivity index (χ1v) is 20.9. The number of piperidine rings is 1. The largest absolute Gasteiger partial charge is 0.375 e. The van der Waals surface area contributed by atoms with E-state index in [1.165, 1.54) is 6.07 Å². The highest BCUT2D eigenvalue weighted by Gasteiger charge is 2.45. The summed E-state index contributed by atoms with van der Waals surface area (Å²) in [4.78, 5) is 83.7. The Morgan fingerprint density at radius 2 is 1.74 bits per heavy atom. The number of aromatic nitrogens is 6. The molecule has 61 heavy (non-hydrogen) atoms. The van der Waals surface area contributed by atoms with Gasteiger partial charge in [-0.2, -0.15) is 0 Å². The van der Waals surface area contributed by atoms with Crippen LogP contribution in [0, 0.1) is 20.8 Å². The van der Waals surface area contributed by atoms with E-state index >= 15 is 0 Å². The molecule has 0 radical (unpaired) electrons. The van der Waals surface area contributed by atoms with Crippen molar-refractivity contribution < 1.29 is 28.8 Å². The smallest absolute Gasteiger partial charge is 0.264 e. The molecule has 6 amide bonds. The minimum Gasteiger partial charge on any atom is -0.375 e. The number of thiophene rings is 1. The van der Waals surface area contributed by atoms with Crippen molar-refractivity contribution in [2.45, 2.75) is 78.0 Å². The number of amides is 6. The molecule has 0 unspecified atom stereocenters. The van der Waals surface area contributed by atoms with E-state index < -0.39 is 35.7 Å². The number of carbonyl (C=O) groups is 6. The molecular weight excluding hydrogens is 824 g/mol. The third-order valence-corrected chi connectivity index (χ3v) is 12.3. The first kappa shape index (κ1) is 41.1. The number of carbonyl (C=O) groups excluding carboxylic acids is 6. The van der Waals surface area contributed by atoms with Crippen LogP contribution in [-0.2, 0) is 32.3 Å². The standard InChI is InChI=1S/C41H41ClN12O6S/c1-21-22(2)61-41-34(21)36(24-9-11-25(42)12-10-24)46-29(37-50-48-23(3)53(37)41)17-32(56)45-18-26-20-52(51-49-26)16-5-4-15-43-33(57)19-44-28-8-6-7-27-35(28)40(60)54(39(27)59)30-13-14-31(55)47-38(30)58/h6-12,20,29-30,44H,4-5,13-19H2,1-3H3,(H,43,57)(H,45,56)(H,47,55,58)/t29-,30-/m0/s1. The average molecular weight is 865 g/mol. The number of benzene rings is 2. The summed E-state index contributed by atoms with van der Waals surface area (Å²) in [6, 6.07) is 10.5. The van der Waals surface area contributed by atoms with E-state index in [0.29, 0.717) is 54.0 Å². The van der Waals surface area contributed by atoms with E-state index in [1.54, 1.807) is 34.3 Å². The molecule has 3 aliphatic heterocycles. The number of imide groups is 2. The van der Waals surface area contributed by atoms with Crippen LogP contribution >= 0.6 is 22.9 Å². The highest BCUT2D eigenvalue weighted by Crippen LogP contribution is 2.40. The number of fused-ring (bicyclic) bond motifs is 4. The maximum absolute atomic E-state index is 13.4. The van der Waals surface area contributed by atoms with Crippen LogP contribution in [0.4, 0.5) is 5.69 Å². The topological polar surface area (TPSA) is 228 Å². The number of hydrogen-bond donors (Lipinski definition) is 4. The lowest BCUT2D eigenvalue weighted by Gasteiger charge is -2.27. The van der Waals surface area contributed by atoms with Crippen molar-refractivity contribution in [1.29, 1.82) is 0 Å². The normalized spacial score (nSPS) is 17.0. The predicted molar refractivity (Wildman–Crippen MR) is 224 cm³/mol. The monoisotopic (exact) mass is 864 g/mol. The number of anilines is 1. The third kappa shape index (κ3) is 8.30. The fourth-order valence-electron chi connectivity index (χ4n) is 7.63. The van der Waals surface area contributed by atoms with Crippen LogP contribution in [-0.4, -0.2) is 94.9 Å². The Hall–Kier alpha value is -6.60. The molecule has 8 rings (SSSR count). The van der Waals surface area contributed by atoms with Gasteiger partial charge in [-0.15, -0.1) is 26.6 Å². The average Bonchev–Trinajstić information content (AvgIpc) is 3.97. The number of hydrogen-bond acceptors (Lipinski definition) is 13. The maximum atomic E-state index is 13.4. The summed E-state index contributed by atoms with van der Waals surface area (Å²) < 4.78 is 3.68. The second-order valence-corrected chi connectivity index (χ2v) is 16.6. The fraction of sp³-hybridized carbons (Fsp3) is 0.341. The quantitative estimate of drug-likeness (QED) is 0.0933. The van der Waals surface area contributed by atoms with Crippen LogP contribution in [0.2, 0.25) is 5.02 Å². The summed E-state index contributed by atoms with van der Waals surface area (Å²) in [5, 5.41) is 29.7. The number of aryl methyl sites for hydroxylation is 3. The van der Waals surface area contributed by atoms with E-state index in [-0.39, 0.29) is 55.3 Å². The van der Waals surface area contributed by atoms with Crippen LogP contribution in [0.25, 0.3) is 5.00 Å². The Kier molecular flexibility index (Phi) is 11.6. The summed E-state index contributed by atoms with van der Waals surface area (Å²) in [5.74, 6) is -1.68. The van der Waals surface area contributed by atoms with Crippen LogP contribution < -0.4 is 21.3 Å². The molecular formula is C41H41ClN12O6S. The molecule has 0 bridgehead atoms. The molecule has 6 heterocycles. The lowest BCUT2D eigenvalue weighted by atomic mass is 9.99. The summed E-state index contributed by atoms with van der Waals surface area (Å²) in [5.41, 5.74) is 4.82. The van der Waals surface area contributed by atoms with Gasteiger partial charge >= 0.3 is 0 Å². The van der Waals surface area contributed by atoms with E-state index in [9.17, 15) is 28.8 Å². The van der Waals surface area contributed by atoms with Crippen molar-refractivity contribution in [3.63, 3.8) is 0 Å². The molecule has 2 atom stereocenters. The number of nitrogens with zero attached hydrogens (tertiary/aromatic N) is 8. The molecule has 0 aliphatic carbocycles. The van der Waals surface area contributed by atoms with Gasteiger partial charge in [-0.3, -0.25) is 53.2 Å². The zero-order valence-electron chi connectivity index (χ0n) is 33.5. The number of unbranched alkanes of at least 4 members (excludes halogenated alkanes) is 1. The van der Waals surface area contributed by atoms with Gasteiger partial charge in [0.2, 0.25) is 23.6 Å². The molecule has 20 heteroatoms. The van der Waals surface area contributed by atoms with Gasteiger partial charge in [0.25, 0.3) is 11.8 Å². The van der Waals surface area contributed by atoms with Crippen LogP contribution in [0.5, 0.6) is 0 Å². The number of rotatable bonds is 14. The Morgan fingerprint density at radius 1 is 0.934 bits per heavy atom. The van der Waals surface area contributed by atoms with Gasteiger partial charge in [0.1, 0.15) is 28.6 Å². The van der Waals surface area contributed by atoms with Gasteiger partial charge in [-0.1, -0.05) is 35.0 Å². The summed E-state index contributed by atoms with van der Waals surface area (Å²) in [7, 11) is 0. The van der Waals surface area contributed by atoms with Crippen molar-refractivity contribution in [2.75, 3.05) is 18.4 Å². The molecule has 1 fully saturated rings. The van der Waals surface area contributed by atoms with E-state index in [0.717, 1.165) is 37.2 Å². The van der Waals surface area contributed by atoms with Gasteiger partial charge in [0.05, 0.1) is 42.5 Å². The van der Waals surface area contributed by atoms with Gasteiger partial charge in [0, 0.05) is 46.2 Å². The predicted octanol–water partition coefficient (Wildman–Crippen LogP) is 3.51. The molecule has 0 spiro atoms. The second-order valence-electron chi connectivity index (χ2n) is 14.9. The number of aliphatic imine (C=N–C) groups is 1. The second kappa shape index (κ2) is 17.2. The molecule has 314 valence electrons. The van der Waals surface area contributed by atoms with Gasteiger partial charge in [0.15, 0.2) is 5.82 Å². The van der Waals surface area contributed by atoms with Crippen molar-refractivity contribution in [1.82, 2.24) is 50.6 Å². The molecule has 5 aromatic rings. The van der Waals surface area contributed by atoms with Crippen molar-refractivity contribution in [3.05, 3.63) is 104 Å². The molecule has 18 nitrogen and oxygen atoms in total. The van der Waals surface area contributed by atoms with Gasteiger partial charge in [-0.05, 0) is 69.9 Å². The zero-order chi connectivity index (χ0) is 42.9. The van der Waals surface area contributed by atoms with Gasteiger partial charge < -0.3 is 16.0 Å².